The summed E-state index contributed by atoms with van der Waals surface area (Å²) in [6.07, 6.45) is -0.512. The number of hydrogen-bond donors (Lipinski definition) is 2. The van der Waals surface area contributed by atoms with Gasteiger partial charge < -0.3 is 5.11 Å². The molecule has 0 amide bonds. The molecule has 0 aromatic carbocycles. The van der Waals surface area contributed by atoms with Gasteiger partial charge in [-0.25, -0.2) is 0 Å². The van der Waals surface area contributed by atoms with Gasteiger partial charge in [0.1, 0.15) is 12.1 Å². The van der Waals surface area contributed by atoms with Crippen molar-refractivity contribution < 1.29 is 14.7 Å². The second kappa shape index (κ2) is 4.04. The maximum Gasteiger partial charge on any atom is 0.311 e. The fraction of sp³-hybridized carbons (Fsp3) is 0.444. The van der Waals surface area contributed by atoms with Crippen LogP contribution in [0.3, 0.4) is 0 Å². The SMILES string of the molecule is CC(C)c1cc(C(=O)CC(=O)O)n[nH]1. The van der Waals surface area contributed by atoms with Gasteiger partial charge in [-0.1, -0.05) is 13.8 Å². The predicted molar refractivity (Wildman–Crippen MR) is 49.3 cm³/mol. The molecule has 76 valence electrons. The van der Waals surface area contributed by atoms with Crippen molar-refractivity contribution in [2.45, 2.75) is 26.2 Å². The van der Waals surface area contributed by atoms with E-state index in [-0.39, 0.29) is 11.6 Å². The van der Waals surface area contributed by atoms with E-state index in [0.717, 1.165) is 5.69 Å². The summed E-state index contributed by atoms with van der Waals surface area (Å²) in [5.74, 6) is -1.36. The largest absolute Gasteiger partial charge is 0.481 e. The molecule has 0 radical (unpaired) electrons. The Morgan fingerprint density at radius 1 is 1.57 bits per heavy atom. The van der Waals surface area contributed by atoms with Crippen LogP contribution in [-0.2, 0) is 4.79 Å². The minimum atomic E-state index is -1.14. The molecule has 0 spiro atoms. The van der Waals surface area contributed by atoms with Gasteiger partial charge in [-0.3, -0.25) is 14.7 Å². The van der Waals surface area contributed by atoms with Crippen LogP contribution in [-0.4, -0.2) is 27.1 Å². The molecule has 14 heavy (non-hydrogen) atoms. The van der Waals surface area contributed by atoms with Crippen molar-refractivity contribution in [2.75, 3.05) is 0 Å². The van der Waals surface area contributed by atoms with Gasteiger partial charge in [0.25, 0.3) is 0 Å². The summed E-state index contributed by atoms with van der Waals surface area (Å²) in [5, 5.41) is 14.9. The molecule has 5 heteroatoms. The van der Waals surface area contributed by atoms with Crippen molar-refractivity contribution in [3.63, 3.8) is 0 Å². The molecule has 1 rings (SSSR count). The number of rotatable bonds is 4. The molecule has 0 saturated heterocycles. The highest BCUT2D eigenvalue weighted by molar-refractivity contribution is 6.04. The van der Waals surface area contributed by atoms with Crippen LogP contribution in [0.5, 0.6) is 0 Å². The molecular weight excluding hydrogens is 184 g/mol. The first kappa shape index (κ1) is 10.4. The molecule has 0 aliphatic rings. The Hall–Kier alpha value is -1.65. The summed E-state index contributed by atoms with van der Waals surface area (Å²) in [6.45, 7) is 3.91. The summed E-state index contributed by atoms with van der Waals surface area (Å²) < 4.78 is 0. The smallest absolute Gasteiger partial charge is 0.311 e. The lowest BCUT2D eigenvalue weighted by Gasteiger charge is -1.96. The third-order valence-electron chi connectivity index (χ3n) is 1.82. The maximum atomic E-state index is 11.2. The molecule has 1 aromatic heterocycles. The molecule has 1 aromatic rings. The van der Waals surface area contributed by atoms with Crippen LogP contribution >= 0.6 is 0 Å². The summed E-state index contributed by atoms with van der Waals surface area (Å²) in [5.41, 5.74) is 1.02. The molecule has 0 unspecified atom stereocenters. The van der Waals surface area contributed by atoms with Gasteiger partial charge in [0.15, 0.2) is 5.78 Å². The van der Waals surface area contributed by atoms with Crippen LogP contribution < -0.4 is 0 Å². The summed E-state index contributed by atoms with van der Waals surface area (Å²) >= 11 is 0. The zero-order valence-corrected chi connectivity index (χ0v) is 8.07. The number of hydrogen-bond acceptors (Lipinski definition) is 3. The van der Waals surface area contributed by atoms with Crippen LogP contribution in [0.2, 0.25) is 0 Å². The Balaban J connectivity index is 2.76. The third kappa shape index (κ3) is 2.42. The van der Waals surface area contributed by atoms with Crippen molar-refractivity contribution >= 4 is 11.8 Å². The molecule has 0 aliphatic heterocycles. The Labute approximate surface area is 81.1 Å². The number of ketones is 1. The Bertz CT molecular complexity index is 355. The van der Waals surface area contributed by atoms with Crippen molar-refractivity contribution in [1.29, 1.82) is 0 Å². The second-order valence-corrected chi connectivity index (χ2v) is 3.36. The molecule has 0 saturated carbocycles. The number of carbonyl (C=O) groups excluding carboxylic acids is 1. The maximum absolute atomic E-state index is 11.2. The Morgan fingerprint density at radius 3 is 2.64 bits per heavy atom. The minimum absolute atomic E-state index is 0.191. The highest BCUT2D eigenvalue weighted by atomic mass is 16.4. The second-order valence-electron chi connectivity index (χ2n) is 3.36. The normalized spacial score (nSPS) is 10.5. The standard InChI is InChI=1S/C9H12N2O3/c1-5(2)6-3-7(11-10-6)8(12)4-9(13)14/h3,5H,4H2,1-2H3,(H,10,11)(H,13,14). The van der Waals surface area contributed by atoms with E-state index in [0.29, 0.717) is 0 Å². The fourth-order valence-corrected chi connectivity index (χ4v) is 1.00. The number of carboxylic acid groups (broad SMARTS) is 1. The molecule has 0 bridgehead atoms. The average molecular weight is 196 g/mol. The van der Waals surface area contributed by atoms with Crippen molar-refractivity contribution in [2.24, 2.45) is 0 Å². The number of carbonyl (C=O) groups is 2. The number of nitrogens with one attached hydrogen (secondary N) is 1. The monoisotopic (exact) mass is 196 g/mol. The summed E-state index contributed by atoms with van der Waals surface area (Å²) in [4.78, 5) is 21.5. The number of aromatic nitrogens is 2. The van der Waals surface area contributed by atoms with Crippen LogP contribution in [0.4, 0.5) is 0 Å². The van der Waals surface area contributed by atoms with Crippen LogP contribution in [0.25, 0.3) is 0 Å². The van der Waals surface area contributed by atoms with Gasteiger partial charge in [0.2, 0.25) is 0 Å². The highest BCUT2D eigenvalue weighted by Crippen LogP contribution is 2.12. The van der Waals surface area contributed by atoms with E-state index in [4.69, 9.17) is 5.11 Å². The molecule has 0 aliphatic carbocycles. The van der Waals surface area contributed by atoms with Gasteiger partial charge in [0.05, 0.1) is 0 Å². The van der Waals surface area contributed by atoms with Crippen molar-refractivity contribution in [3.05, 3.63) is 17.5 Å². The van der Waals surface area contributed by atoms with E-state index < -0.39 is 18.2 Å². The first-order chi connectivity index (χ1) is 6.50. The summed E-state index contributed by atoms with van der Waals surface area (Å²) in [6, 6.07) is 1.59. The number of Topliss-reactive ketones (excluding diaryl/α,β-unsaturated/α-hetero) is 1. The number of nitrogens with zero attached hydrogens (tertiary/aromatic N) is 1. The fourth-order valence-electron chi connectivity index (χ4n) is 1.00. The molecule has 2 N–H and O–H groups in total. The van der Waals surface area contributed by atoms with E-state index in [1.54, 1.807) is 6.07 Å². The lowest BCUT2D eigenvalue weighted by Crippen LogP contribution is -2.07. The van der Waals surface area contributed by atoms with Gasteiger partial charge in [-0.05, 0) is 12.0 Å². The number of aromatic amines is 1. The number of carboxylic acids is 1. The molecular formula is C9H12N2O3. The molecule has 0 atom stereocenters. The van der Waals surface area contributed by atoms with E-state index >= 15 is 0 Å². The molecule has 5 nitrogen and oxygen atoms in total. The average Bonchev–Trinajstić information content (AvgIpc) is 2.50. The third-order valence-corrected chi connectivity index (χ3v) is 1.82. The van der Waals surface area contributed by atoms with Gasteiger partial charge in [0, 0.05) is 5.69 Å². The Kier molecular flexibility index (Phi) is 3.01. The lowest BCUT2D eigenvalue weighted by atomic mass is 10.1. The van der Waals surface area contributed by atoms with Gasteiger partial charge >= 0.3 is 5.97 Å². The van der Waals surface area contributed by atoms with Gasteiger partial charge in [-0.15, -0.1) is 0 Å². The predicted octanol–water partition coefficient (Wildman–Crippen LogP) is 1.19. The first-order valence-corrected chi connectivity index (χ1v) is 4.31. The van der Waals surface area contributed by atoms with E-state index in [1.165, 1.54) is 0 Å². The zero-order valence-electron chi connectivity index (χ0n) is 8.07. The van der Waals surface area contributed by atoms with E-state index in [9.17, 15) is 9.59 Å². The Morgan fingerprint density at radius 2 is 2.21 bits per heavy atom. The highest BCUT2D eigenvalue weighted by Gasteiger charge is 2.14. The summed E-state index contributed by atoms with van der Waals surface area (Å²) in [7, 11) is 0. The van der Waals surface area contributed by atoms with Crippen LogP contribution in [0, 0.1) is 0 Å². The lowest BCUT2D eigenvalue weighted by molar-refractivity contribution is -0.135. The molecule has 1 heterocycles. The number of aliphatic carboxylic acids is 1. The topological polar surface area (TPSA) is 83.1 Å². The van der Waals surface area contributed by atoms with Crippen LogP contribution in [0.1, 0.15) is 42.4 Å². The van der Waals surface area contributed by atoms with Gasteiger partial charge in [-0.2, -0.15) is 5.10 Å². The molecule has 0 fully saturated rings. The first-order valence-electron chi connectivity index (χ1n) is 4.31. The van der Waals surface area contributed by atoms with Crippen molar-refractivity contribution in [3.8, 4) is 0 Å². The van der Waals surface area contributed by atoms with E-state index in [2.05, 4.69) is 10.2 Å². The number of H-pyrrole nitrogens is 1. The van der Waals surface area contributed by atoms with E-state index in [1.807, 2.05) is 13.8 Å². The minimum Gasteiger partial charge on any atom is -0.481 e. The van der Waals surface area contributed by atoms with Crippen LogP contribution in [0.15, 0.2) is 6.07 Å². The zero-order chi connectivity index (χ0) is 10.7. The quantitative estimate of drug-likeness (QED) is 0.559. The van der Waals surface area contributed by atoms with Crippen molar-refractivity contribution in [1.82, 2.24) is 10.2 Å².